The van der Waals surface area contributed by atoms with Crippen molar-refractivity contribution in [3.05, 3.63) is 29.8 Å². The van der Waals surface area contributed by atoms with Crippen LogP contribution in [0.3, 0.4) is 0 Å². The van der Waals surface area contributed by atoms with Gasteiger partial charge >= 0.3 is 12.5 Å². The number of ether oxygens (including phenoxy) is 1. The van der Waals surface area contributed by atoms with Gasteiger partial charge in [-0.1, -0.05) is 12.1 Å². The van der Waals surface area contributed by atoms with Gasteiger partial charge in [0.25, 0.3) is 0 Å². The molecule has 0 aliphatic carbocycles. The van der Waals surface area contributed by atoms with E-state index in [0.717, 1.165) is 5.56 Å². The molecule has 0 radical (unpaired) electrons. The first-order chi connectivity index (χ1) is 10.2. The fourth-order valence-corrected chi connectivity index (χ4v) is 2.24. The summed E-state index contributed by atoms with van der Waals surface area (Å²) in [7, 11) is 1.91. The van der Waals surface area contributed by atoms with E-state index in [4.69, 9.17) is 5.11 Å². The van der Waals surface area contributed by atoms with Crippen molar-refractivity contribution in [2.75, 3.05) is 26.7 Å². The first-order valence-corrected chi connectivity index (χ1v) is 6.77. The van der Waals surface area contributed by atoms with Crippen LogP contribution in [0.15, 0.2) is 24.3 Å². The summed E-state index contributed by atoms with van der Waals surface area (Å²) in [6.45, 7) is 1.69. The van der Waals surface area contributed by atoms with Gasteiger partial charge in [0.1, 0.15) is 5.75 Å². The highest BCUT2D eigenvalue weighted by Crippen LogP contribution is 2.23. The van der Waals surface area contributed by atoms with Crippen molar-refractivity contribution in [3.63, 3.8) is 0 Å². The summed E-state index contributed by atoms with van der Waals surface area (Å²) in [6.07, 6.45) is -4.92. The zero-order chi connectivity index (χ0) is 16.3. The molecule has 2 rings (SSSR count). The number of amides is 1. The Bertz CT molecular complexity index is 513. The third-order valence-corrected chi connectivity index (χ3v) is 3.67. The molecule has 0 aromatic heterocycles. The van der Waals surface area contributed by atoms with Gasteiger partial charge < -0.3 is 14.7 Å². The van der Waals surface area contributed by atoms with Gasteiger partial charge in [-0.05, 0) is 31.2 Å². The lowest BCUT2D eigenvalue weighted by molar-refractivity contribution is -0.274. The van der Waals surface area contributed by atoms with Gasteiger partial charge in [-0.2, -0.15) is 0 Å². The minimum atomic E-state index is -4.68. The number of likely N-dealkylation sites (N-methyl/N-ethyl adjacent to an activating group) is 1. The minimum absolute atomic E-state index is 0.198. The van der Waals surface area contributed by atoms with E-state index in [-0.39, 0.29) is 11.8 Å². The molecule has 1 aromatic carbocycles. The average Bonchev–Trinajstić information content (AvgIpc) is 2.33. The molecule has 1 fully saturated rings. The summed E-state index contributed by atoms with van der Waals surface area (Å²) in [4.78, 5) is 14.1. The first-order valence-electron chi connectivity index (χ1n) is 6.77. The Morgan fingerprint density at radius 1 is 1.36 bits per heavy atom. The Balaban J connectivity index is 1.76. The summed E-state index contributed by atoms with van der Waals surface area (Å²) in [5.74, 6) is -0.235. The van der Waals surface area contributed by atoms with Gasteiger partial charge in [0.05, 0.1) is 0 Å². The number of alkyl halides is 3. The number of likely N-dealkylation sites (tertiary alicyclic amines) is 1. The lowest BCUT2D eigenvalue weighted by atomic mass is 10.1. The molecule has 0 unspecified atom stereocenters. The van der Waals surface area contributed by atoms with Gasteiger partial charge in [0, 0.05) is 25.7 Å². The molecule has 8 heteroatoms. The van der Waals surface area contributed by atoms with E-state index in [0.29, 0.717) is 26.1 Å². The number of hydrogen-bond acceptors (Lipinski definition) is 3. The van der Waals surface area contributed by atoms with Crippen molar-refractivity contribution >= 4 is 6.09 Å². The Morgan fingerprint density at radius 3 is 2.45 bits per heavy atom. The van der Waals surface area contributed by atoms with Gasteiger partial charge in [0.2, 0.25) is 0 Å². The summed E-state index contributed by atoms with van der Waals surface area (Å²) >= 11 is 0. The van der Waals surface area contributed by atoms with Gasteiger partial charge in [-0.15, -0.1) is 13.2 Å². The van der Waals surface area contributed by atoms with Crippen molar-refractivity contribution in [1.82, 2.24) is 9.80 Å². The van der Waals surface area contributed by atoms with Crippen LogP contribution in [0.25, 0.3) is 0 Å². The van der Waals surface area contributed by atoms with Crippen LogP contribution >= 0.6 is 0 Å². The zero-order valence-corrected chi connectivity index (χ0v) is 12.0. The van der Waals surface area contributed by atoms with Crippen LogP contribution in [0.5, 0.6) is 5.75 Å². The fraction of sp³-hybridized carbons (Fsp3) is 0.500. The molecule has 22 heavy (non-hydrogen) atoms. The number of rotatable bonds is 5. The average molecular weight is 318 g/mol. The molecular weight excluding hydrogens is 301 g/mol. The maximum Gasteiger partial charge on any atom is 0.573 e. The molecule has 1 amide bonds. The van der Waals surface area contributed by atoms with E-state index >= 15 is 0 Å². The van der Waals surface area contributed by atoms with Crippen LogP contribution in [0.4, 0.5) is 18.0 Å². The van der Waals surface area contributed by atoms with E-state index in [1.54, 1.807) is 12.1 Å². The summed E-state index contributed by atoms with van der Waals surface area (Å²) in [5.41, 5.74) is 0.899. The monoisotopic (exact) mass is 318 g/mol. The Morgan fingerprint density at radius 2 is 1.95 bits per heavy atom. The summed E-state index contributed by atoms with van der Waals surface area (Å²) in [5, 5.41) is 8.76. The summed E-state index contributed by atoms with van der Waals surface area (Å²) in [6, 6.07) is 5.97. The van der Waals surface area contributed by atoms with Crippen LogP contribution in [0.1, 0.15) is 5.56 Å². The molecule has 0 atom stereocenters. The molecule has 5 nitrogen and oxygen atoms in total. The van der Waals surface area contributed by atoms with Crippen molar-refractivity contribution < 1.29 is 27.8 Å². The molecule has 1 aromatic rings. The Kier molecular flexibility index (Phi) is 4.80. The van der Waals surface area contributed by atoms with Crippen LogP contribution in [-0.2, 0) is 6.42 Å². The van der Waals surface area contributed by atoms with Gasteiger partial charge in [-0.25, -0.2) is 4.79 Å². The summed E-state index contributed by atoms with van der Waals surface area (Å²) < 4.78 is 39.9. The first kappa shape index (κ1) is 16.4. The molecule has 1 aliphatic rings. The second kappa shape index (κ2) is 6.43. The fourth-order valence-electron chi connectivity index (χ4n) is 2.24. The van der Waals surface area contributed by atoms with E-state index in [9.17, 15) is 18.0 Å². The quantitative estimate of drug-likeness (QED) is 0.906. The normalized spacial score (nSPS) is 15.8. The number of carbonyl (C=O) groups is 1. The van der Waals surface area contributed by atoms with Crippen molar-refractivity contribution in [1.29, 1.82) is 0 Å². The van der Waals surface area contributed by atoms with Gasteiger partial charge in [0.15, 0.2) is 0 Å². The van der Waals surface area contributed by atoms with Crippen molar-refractivity contribution in [2.45, 2.75) is 18.8 Å². The largest absolute Gasteiger partial charge is 0.573 e. The molecule has 0 spiro atoms. The second-order valence-corrected chi connectivity index (χ2v) is 5.26. The van der Waals surface area contributed by atoms with E-state index in [1.165, 1.54) is 17.0 Å². The number of halogens is 3. The molecule has 0 bridgehead atoms. The molecule has 1 heterocycles. The number of benzene rings is 1. The highest BCUT2D eigenvalue weighted by atomic mass is 19.4. The number of nitrogens with zero attached hydrogens (tertiary/aromatic N) is 2. The highest BCUT2D eigenvalue weighted by Gasteiger charge is 2.33. The lowest BCUT2D eigenvalue weighted by Crippen LogP contribution is -2.60. The topological polar surface area (TPSA) is 53.0 Å². The predicted molar refractivity (Wildman–Crippen MR) is 72.8 cm³/mol. The smallest absolute Gasteiger partial charge is 0.465 e. The van der Waals surface area contributed by atoms with Crippen molar-refractivity contribution in [2.24, 2.45) is 0 Å². The van der Waals surface area contributed by atoms with E-state index in [2.05, 4.69) is 9.64 Å². The van der Waals surface area contributed by atoms with Crippen LogP contribution in [0.2, 0.25) is 0 Å². The Labute approximate surface area is 125 Å². The van der Waals surface area contributed by atoms with Gasteiger partial charge in [-0.3, -0.25) is 4.90 Å². The van der Waals surface area contributed by atoms with Crippen LogP contribution < -0.4 is 4.74 Å². The molecular formula is C14H17F3N2O3. The zero-order valence-electron chi connectivity index (χ0n) is 12.0. The third-order valence-electron chi connectivity index (χ3n) is 3.67. The van der Waals surface area contributed by atoms with Crippen LogP contribution in [-0.4, -0.2) is 60.1 Å². The maximum absolute atomic E-state index is 12.0. The molecule has 1 saturated heterocycles. The van der Waals surface area contributed by atoms with E-state index in [1.807, 2.05) is 7.05 Å². The number of carboxylic acid groups (broad SMARTS) is 1. The molecule has 0 saturated carbocycles. The highest BCUT2D eigenvalue weighted by molar-refractivity contribution is 5.66. The third kappa shape index (κ3) is 4.52. The molecule has 1 aliphatic heterocycles. The molecule has 1 N–H and O–H groups in total. The number of hydrogen-bond donors (Lipinski definition) is 1. The SMILES string of the molecule is CN(CCc1ccc(OC(F)(F)F)cc1)C1CN(C(=O)O)C1. The standard InChI is InChI=1S/C14H17F3N2O3/c1-18(11-8-19(9-11)13(20)21)7-6-10-2-4-12(5-3-10)22-14(15,16)17/h2-5,11H,6-9H2,1H3,(H,20,21). The van der Waals surface area contributed by atoms with Crippen molar-refractivity contribution in [3.8, 4) is 5.75 Å². The lowest BCUT2D eigenvalue weighted by Gasteiger charge is -2.42. The van der Waals surface area contributed by atoms with Crippen LogP contribution in [0, 0.1) is 0 Å². The Hall–Kier alpha value is -1.96. The maximum atomic E-state index is 12.0. The van der Waals surface area contributed by atoms with E-state index < -0.39 is 12.5 Å². The second-order valence-electron chi connectivity index (χ2n) is 5.26. The predicted octanol–water partition coefficient (Wildman–Crippen LogP) is 2.42. The molecule has 122 valence electrons. The minimum Gasteiger partial charge on any atom is -0.465 e.